The van der Waals surface area contributed by atoms with Gasteiger partial charge in [0.15, 0.2) is 14.5 Å². The standard InChI is InChI=1S/C42H48ClN2O11PSi/c1-41(2,3)58(6,7)56-38-37(55-57(48,49)54-34-16-12-11-15-33(34)43)35(53-39(38)45-26-25-36(46)44-40(45)47)27-52-42(28-13-9-8-10-14-28,29-17-21-31(50-4)22-18-29)30-19-23-32(51-5)24-20-30/h8-26,35,37-39H,27H2,1-7H3,(H,48,49)(H,44,46,47)/t35-,37-,38-,39-/m1/s1. The molecule has 0 saturated carbocycles. The summed E-state index contributed by atoms with van der Waals surface area (Å²) < 4.78 is 58.7. The Kier molecular flexibility index (Phi) is 12.9. The van der Waals surface area contributed by atoms with Gasteiger partial charge in [-0.25, -0.2) is 9.36 Å². The molecule has 308 valence electrons. The molecule has 0 aliphatic carbocycles. The maximum atomic E-state index is 14.1. The number of aromatic nitrogens is 2. The second-order valence-corrected chi connectivity index (χ2v) is 21.8. The van der Waals surface area contributed by atoms with Gasteiger partial charge < -0.3 is 27.9 Å². The van der Waals surface area contributed by atoms with Gasteiger partial charge in [-0.3, -0.25) is 23.8 Å². The molecule has 0 radical (unpaired) electrons. The summed E-state index contributed by atoms with van der Waals surface area (Å²) in [6.45, 7) is 9.79. The van der Waals surface area contributed by atoms with Crippen molar-refractivity contribution >= 4 is 27.7 Å². The van der Waals surface area contributed by atoms with Crippen molar-refractivity contribution in [3.8, 4) is 17.2 Å². The average Bonchev–Trinajstić information content (AvgIpc) is 3.50. The number of para-hydroxylation sites is 1. The smallest absolute Gasteiger partial charge is 0.497 e. The first-order valence-electron chi connectivity index (χ1n) is 18.6. The number of methoxy groups -OCH3 is 2. The average molecular weight is 851 g/mol. The van der Waals surface area contributed by atoms with E-state index in [4.69, 9.17) is 44.0 Å². The Morgan fingerprint density at radius 2 is 1.36 bits per heavy atom. The molecule has 2 N–H and O–H groups in total. The number of nitrogens with zero attached hydrogens (tertiary/aromatic N) is 1. The van der Waals surface area contributed by atoms with Crippen LogP contribution in [0.2, 0.25) is 23.2 Å². The summed E-state index contributed by atoms with van der Waals surface area (Å²) in [6, 6.07) is 31.8. The zero-order chi connectivity index (χ0) is 41.9. The van der Waals surface area contributed by atoms with E-state index in [9.17, 15) is 19.0 Å². The first kappa shape index (κ1) is 43.1. The fraction of sp³-hybridized carbons (Fsp3) is 0.333. The van der Waals surface area contributed by atoms with Crippen molar-refractivity contribution in [2.75, 3.05) is 20.8 Å². The fourth-order valence-corrected chi connectivity index (χ4v) is 9.09. The van der Waals surface area contributed by atoms with Crippen molar-refractivity contribution in [2.24, 2.45) is 0 Å². The summed E-state index contributed by atoms with van der Waals surface area (Å²) >= 11 is 6.33. The number of hydrogen-bond donors (Lipinski definition) is 2. The highest BCUT2D eigenvalue weighted by Gasteiger charge is 2.55. The van der Waals surface area contributed by atoms with Crippen molar-refractivity contribution in [1.29, 1.82) is 0 Å². The fourth-order valence-electron chi connectivity index (χ4n) is 6.56. The number of halogens is 1. The number of aromatic amines is 1. The van der Waals surface area contributed by atoms with Crippen LogP contribution in [0, 0.1) is 0 Å². The summed E-state index contributed by atoms with van der Waals surface area (Å²) in [6.07, 6.45) is -3.74. The Bertz CT molecular complexity index is 2290. The lowest BCUT2D eigenvalue weighted by molar-refractivity contribution is -0.0948. The third kappa shape index (κ3) is 9.20. The molecule has 0 bridgehead atoms. The number of phosphoric ester groups is 1. The van der Waals surface area contributed by atoms with Crippen molar-refractivity contribution in [3.05, 3.63) is 158 Å². The molecule has 0 amide bonds. The molecule has 1 unspecified atom stereocenters. The van der Waals surface area contributed by atoms with Gasteiger partial charge in [0.05, 0.1) is 25.8 Å². The molecule has 6 rings (SSSR count). The van der Waals surface area contributed by atoms with Crippen LogP contribution in [0.1, 0.15) is 43.7 Å². The van der Waals surface area contributed by atoms with Gasteiger partial charge in [-0.15, -0.1) is 0 Å². The second kappa shape index (κ2) is 17.4. The molecular weight excluding hydrogens is 803 g/mol. The van der Waals surface area contributed by atoms with Crippen molar-refractivity contribution in [3.63, 3.8) is 0 Å². The minimum absolute atomic E-state index is 0.0842. The van der Waals surface area contributed by atoms with Gasteiger partial charge in [-0.2, -0.15) is 0 Å². The monoisotopic (exact) mass is 850 g/mol. The molecule has 58 heavy (non-hydrogen) atoms. The van der Waals surface area contributed by atoms with Crippen molar-refractivity contribution in [2.45, 2.75) is 69.0 Å². The Morgan fingerprint density at radius 1 is 0.810 bits per heavy atom. The number of phosphoric acid groups is 1. The van der Waals surface area contributed by atoms with Gasteiger partial charge in [-0.1, -0.05) is 99.1 Å². The van der Waals surface area contributed by atoms with E-state index in [0.29, 0.717) is 11.5 Å². The molecule has 5 atom stereocenters. The van der Waals surface area contributed by atoms with Crippen molar-refractivity contribution < 1.29 is 41.9 Å². The predicted octanol–water partition coefficient (Wildman–Crippen LogP) is 8.07. The zero-order valence-corrected chi connectivity index (χ0v) is 35.9. The Hall–Kier alpha value is -4.50. The van der Waals surface area contributed by atoms with Crippen LogP contribution in [0.25, 0.3) is 0 Å². The summed E-state index contributed by atoms with van der Waals surface area (Å²) in [7, 11) is -4.64. The molecule has 1 fully saturated rings. The Morgan fingerprint density at radius 3 is 1.90 bits per heavy atom. The SMILES string of the molecule is COc1ccc(C(OC[C@H]2O[C@@H](n3ccc(=O)[nH]c3=O)[C@H](O[Si](C)(C)C(C)(C)C)[C@@H]2OP(=O)(O)Oc2ccccc2Cl)(c2ccccc2)c2ccc(OC)cc2)cc1. The minimum Gasteiger partial charge on any atom is -0.497 e. The van der Waals surface area contributed by atoms with E-state index in [-0.39, 0.29) is 22.4 Å². The van der Waals surface area contributed by atoms with E-state index in [0.717, 1.165) is 16.7 Å². The van der Waals surface area contributed by atoms with E-state index >= 15 is 0 Å². The molecular formula is C42H48ClN2O11PSi. The van der Waals surface area contributed by atoms with E-state index in [1.165, 1.54) is 29.0 Å². The van der Waals surface area contributed by atoms with Crippen LogP contribution in [0.15, 0.2) is 125 Å². The molecule has 5 aromatic rings. The van der Waals surface area contributed by atoms with Crippen LogP contribution in [0.4, 0.5) is 0 Å². The summed E-state index contributed by atoms with van der Waals surface area (Å²) in [5, 5.41) is -0.282. The highest BCUT2D eigenvalue weighted by atomic mass is 35.5. The van der Waals surface area contributed by atoms with Gasteiger partial charge in [0.25, 0.3) is 5.56 Å². The molecule has 0 spiro atoms. The maximum absolute atomic E-state index is 14.1. The van der Waals surface area contributed by atoms with Gasteiger partial charge >= 0.3 is 13.5 Å². The van der Waals surface area contributed by atoms with Crippen LogP contribution < -0.4 is 25.2 Å². The van der Waals surface area contributed by atoms with E-state index in [1.54, 1.807) is 26.4 Å². The molecule has 2 heterocycles. The third-order valence-corrected chi connectivity index (χ3v) is 16.3. The normalized spacial score (nSPS) is 19.7. The number of benzene rings is 4. The lowest BCUT2D eigenvalue weighted by Gasteiger charge is -2.41. The van der Waals surface area contributed by atoms with Crippen LogP contribution >= 0.6 is 19.4 Å². The summed E-state index contributed by atoms with van der Waals surface area (Å²) in [5.41, 5.74) is -0.536. The van der Waals surface area contributed by atoms with Crippen LogP contribution in [0.5, 0.6) is 17.2 Å². The molecule has 4 aromatic carbocycles. The first-order valence-corrected chi connectivity index (χ1v) is 23.3. The van der Waals surface area contributed by atoms with E-state index in [1.807, 2.05) is 113 Å². The molecule has 16 heteroatoms. The third-order valence-electron chi connectivity index (χ3n) is 10.6. The summed E-state index contributed by atoms with van der Waals surface area (Å²) in [4.78, 5) is 39.4. The first-order chi connectivity index (χ1) is 27.5. The molecule has 13 nitrogen and oxygen atoms in total. The predicted molar refractivity (Wildman–Crippen MR) is 222 cm³/mol. The zero-order valence-electron chi connectivity index (χ0n) is 33.3. The molecule has 1 saturated heterocycles. The van der Waals surface area contributed by atoms with Gasteiger partial charge in [0.1, 0.15) is 41.2 Å². The lowest BCUT2D eigenvalue weighted by Crippen LogP contribution is -2.50. The highest BCUT2D eigenvalue weighted by molar-refractivity contribution is 7.47. The van der Waals surface area contributed by atoms with Crippen LogP contribution in [0.3, 0.4) is 0 Å². The molecule has 1 aliphatic rings. The van der Waals surface area contributed by atoms with Crippen molar-refractivity contribution in [1.82, 2.24) is 9.55 Å². The largest absolute Gasteiger partial charge is 0.527 e. The lowest BCUT2D eigenvalue weighted by atomic mass is 9.80. The second-order valence-electron chi connectivity index (χ2n) is 15.3. The maximum Gasteiger partial charge on any atom is 0.527 e. The molecule has 1 aliphatic heterocycles. The highest BCUT2D eigenvalue weighted by Crippen LogP contribution is 2.52. The van der Waals surface area contributed by atoms with Crippen LogP contribution in [-0.2, 0) is 28.6 Å². The van der Waals surface area contributed by atoms with E-state index < -0.39 is 57.5 Å². The number of H-pyrrole nitrogens is 1. The summed E-state index contributed by atoms with van der Waals surface area (Å²) in [5.74, 6) is 1.18. The number of nitrogens with one attached hydrogen (secondary N) is 1. The quantitative estimate of drug-likeness (QED) is 0.0597. The topological polar surface area (TPSA) is 157 Å². The van der Waals surface area contributed by atoms with Gasteiger partial charge in [0.2, 0.25) is 0 Å². The Balaban J connectivity index is 1.51. The minimum atomic E-state index is -5.02. The number of rotatable bonds is 15. The van der Waals surface area contributed by atoms with E-state index in [2.05, 4.69) is 4.98 Å². The van der Waals surface area contributed by atoms with Gasteiger partial charge in [-0.05, 0) is 71.2 Å². The van der Waals surface area contributed by atoms with Gasteiger partial charge in [0, 0.05) is 12.3 Å². The number of hydrogen-bond acceptors (Lipinski definition) is 10. The molecule has 1 aromatic heterocycles. The number of ether oxygens (including phenoxy) is 4. The Labute approximate surface area is 343 Å². The van der Waals surface area contributed by atoms with Crippen LogP contribution in [-0.4, -0.2) is 61.9 Å².